The number of aryl methyl sites for hydroxylation is 2. The number of amides is 2. The summed E-state index contributed by atoms with van der Waals surface area (Å²) in [5.41, 5.74) is 8.73. The number of carbonyl (C=O) groups excluding carboxylic acids is 2. The molecule has 8 nitrogen and oxygen atoms in total. The van der Waals surface area contributed by atoms with Crippen LogP contribution in [-0.2, 0) is 22.6 Å². The zero-order valence-electron chi connectivity index (χ0n) is 20.3. The van der Waals surface area contributed by atoms with E-state index in [1.165, 1.54) is 5.69 Å². The molecule has 2 aliphatic rings. The van der Waals surface area contributed by atoms with Crippen LogP contribution < -0.4 is 5.73 Å². The largest absolute Gasteiger partial charge is 0.393 e. The Morgan fingerprint density at radius 1 is 1.18 bits per heavy atom. The van der Waals surface area contributed by atoms with Crippen molar-refractivity contribution in [1.82, 2.24) is 14.4 Å². The fourth-order valence-corrected chi connectivity index (χ4v) is 5.68. The van der Waals surface area contributed by atoms with Gasteiger partial charge < -0.3 is 25.2 Å². The molecule has 1 unspecified atom stereocenters. The average Bonchev–Trinajstić information content (AvgIpc) is 3.53. The van der Waals surface area contributed by atoms with Gasteiger partial charge in [-0.25, -0.2) is 0 Å². The van der Waals surface area contributed by atoms with Crippen molar-refractivity contribution in [3.63, 3.8) is 0 Å². The van der Waals surface area contributed by atoms with Crippen LogP contribution in [0.4, 0.5) is 0 Å². The van der Waals surface area contributed by atoms with Gasteiger partial charge in [0.15, 0.2) is 0 Å². The fourth-order valence-electron chi connectivity index (χ4n) is 5.68. The summed E-state index contributed by atoms with van der Waals surface area (Å²) >= 11 is 0. The highest BCUT2D eigenvalue weighted by Gasteiger charge is 2.39. The van der Waals surface area contributed by atoms with Crippen LogP contribution in [0.25, 0.3) is 10.9 Å². The van der Waals surface area contributed by atoms with E-state index in [4.69, 9.17) is 11.1 Å². The number of nitrogen functional groups attached to an aromatic ring is 1. The zero-order valence-corrected chi connectivity index (χ0v) is 20.3. The third kappa shape index (κ3) is 4.82. The molecule has 2 aliphatic heterocycles. The number of hydrogen-bond donors (Lipinski definition) is 3. The summed E-state index contributed by atoms with van der Waals surface area (Å²) < 4.78 is 2.27. The van der Waals surface area contributed by atoms with E-state index in [9.17, 15) is 14.7 Å². The molecule has 1 aromatic carbocycles. The second-order valence-corrected chi connectivity index (χ2v) is 9.73. The van der Waals surface area contributed by atoms with Crippen LogP contribution >= 0.6 is 0 Å². The molecule has 34 heavy (non-hydrogen) atoms. The van der Waals surface area contributed by atoms with Crippen LogP contribution in [0, 0.1) is 5.41 Å². The Morgan fingerprint density at radius 2 is 1.91 bits per heavy atom. The van der Waals surface area contributed by atoms with Gasteiger partial charge in [0, 0.05) is 42.5 Å². The molecule has 0 radical (unpaired) electrons. The molecular formula is C26H37N5O3. The van der Waals surface area contributed by atoms with Crippen molar-refractivity contribution >= 4 is 28.6 Å². The first-order valence-electron chi connectivity index (χ1n) is 12.5. The highest BCUT2D eigenvalue weighted by molar-refractivity contribution is 5.98. The van der Waals surface area contributed by atoms with Gasteiger partial charge >= 0.3 is 0 Å². The summed E-state index contributed by atoms with van der Waals surface area (Å²) in [5.74, 6) is 0.0142. The van der Waals surface area contributed by atoms with Crippen molar-refractivity contribution < 1.29 is 14.7 Å². The Morgan fingerprint density at radius 3 is 2.62 bits per heavy atom. The van der Waals surface area contributed by atoms with Crippen molar-refractivity contribution in [3.8, 4) is 0 Å². The van der Waals surface area contributed by atoms with E-state index in [1.807, 2.05) is 23.1 Å². The van der Waals surface area contributed by atoms with E-state index in [-0.39, 0.29) is 36.2 Å². The molecule has 3 heterocycles. The molecule has 3 atom stereocenters. The third-order valence-corrected chi connectivity index (χ3v) is 7.34. The quantitative estimate of drug-likeness (QED) is 0.409. The molecule has 8 heteroatoms. The number of nitrogens with one attached hydrogen (secondary N) is 1. The fraction of sp³-hybridized carbons (Fsp3) is 0.577. The second kappa shape index (κ2) is 10.2. The number of aliphatic hydroxyl groups excluding tert-OH is 1. The number of aliphatic hydroxyl groups is 1. The topological polar surface area (TPSA) is 116 Å². The van der Waals surface area contributed by atoms with Crippen LogP contribution in [0.15, 0.2) is 24.3 Å². The van der Waals surface area contributed by atoms with Crippen LogP contribution in [-0.4, -0.2) is 68.4 Å². The number of nitrogens with two attached hydrogens (primary N) is 1. The van der Waals surface area contributed by atoms with Gasteiger partial charge in [-0.15, -0.1) is 0 Å². The van der Waals surface area contributed by atoms with E-state index in [0.29, 0.717) is 13.0 Å². The molecule has 0 aliphatic carbocycles. The SMILES string of the molecule is CCn1c(CCC2CCCN2C(=O)[C@@H]2CCCN2C(=O)C[C@@H](C)O)cc2ccc(C(=N)N)cc21. The minimum absolute atomic E-state index is 0.0696. The van der Waals surface area contributed by atoms with Crippen LogP contribution in [0.1, 0.15) is 63.6 Å². The van der Waals surface area contributed by atoms with Gasteiger partial charge in [0.1, 0.15) is 11.9 Å². The van der Waals surface area contributed by atoms with Crippen molar-refractivity contribution in [2.24, 2.45) is 5.73 Å². The van der Waals surface area contributed by atoms with Crippen LogP contribution in [0.2, 0.25) is 0 Å². The Bertz CT molecular complexity index is 1080. The summed E-state index contributed by atoms with van der Waals surface area (Å²) in [6.07, 6.45) is 4.64. The van der Waals surface area contributed by atoms with E-state index < -0.39 is 6.10 Å². The van der Waals surface area contributed by atoms with Gasteiger partial charge in [0.05, 0.1) is 12.5 Å². The van der Waals surface area contributed by atoms with Crippen molar-refractivity contribution in [3.05, 3.63) is 35.5 Å². The number of rotatable bonds is 8. The summed E-state index contributed by atoms with van der Waals surface area (Å²) in [6, 6.07) is 7.88. The lowest BCUT2D eigenvalue weighted by atomic mass is 10.1. The molecule has 4 rings (SSSR count). The van der Waals surface area contributed by atoms with Gasteiger partial charge in [0.2, 0.25) is 11.8 Å². The maximum Gasteiger partial charge on any atom is 0.245 e. The van der Waals surface area contributed by atoms with Gasteiger partial charge in [-0.3, -0.25) is 15.0 Å². The lowest BCUT2D eigenvalue weighted by molar-refractivity contribution is -0.145. The molecule has 184 valence electrons. The summed E-state index contributed by atoms with van der Waals surface area (Å²) in [6.45, 7) is 5.90. The molecule has 0 saturated carbocycles. The first-order chi connectivity index (χ1) is 16.3. The van der Waals surface area contributed by atoms with E-state index in [1.54, 1.807) is 11.8 Å². The summed E-state index contributed by atoms with van der Waals surface area (Å²) in [5, 5.41) is 18.5. The molecule has 1 aromatic heterocycles. The minimum Gasteiger partial charge on any atom is -0.393 e. The van der Waals surface area contributed by atoms with Gasteiger partial charge in [-0.2, -0.15) is 0 Å². The minimum atomic E-state index is -0.694. The zero-order chi connectivity index (χ0) is 24.4. The predicted octanol–water partition coefficient (Wildman–Crippen LogP) is 2.63. The molecule has 2 saturated heterocycles. The van der Waals surface area contributed by atoms with Gasteiger partial charge in [0.25, 0.3) is 0 Å². The number of benzene rings is 1. The molecule has 2 amide bonds. The number of nitrogens with zero attached hydrogens (tertiary/aromatic N) is 3. The molecule has 2 aromatic rings. The van der Waals surface area contributed by atoms with Gasteiger partial charge in [-0.05, 0) is 69.9 Å². The van der Waals surface area contributed by atoms with Crippen LogP contribution in [0.3, 0.4) is 0 Å². The van der Waals surface area contributed by atoms with Crippen molar-refractivity contribution in [1.29, 1.82) is 5.41 Å². The Hall–Kier alpha value is -2.87. The maximum atomic E-state index is 13.5. The van der Waals surface area contributed by atoms with E-state index in [2.05, 4.69) is 17.6 Å². The first kappa shape index (κ1) is 24.3. The average molecular weight is 468 g/mol. The van der Waals surface area contributed by atoms with Crippen molar-refractivity contribution in [2.45, 2.75) is 83.5 Å². The maximum absolute atomic E-state index is 13.5. The molecular weight excluding hydrogens is 430 g/mol. The standard InChI is InChI=1S/C26H37N5O3/c1-3-29-21(15-18-8-9-19(25(27)28)16-23(18)29)11-10-20-6-4-12-30(20)26(34)22-7-5-13-31(22)24(33)14-17(2)32/h8-9,15-17,20,22,32H,3-7,10-14H2,1-2H3,(H3,27,28)/t17-,20?,22+/m1/s1. The van der Waals surface area contributed by atoms with Gasteiger partial charge in [-0.1, -0.05) is 12.1 Å². The lowest BCUT2D eigenvalue weighted by Crippen LogP contribution is -2.49. The third-order valence-electron chi connectivity index (χ3n) is 7.34. The predicted molar refractivity (Wildman–Crippen MR) is 133 cm³/mol. The second-order valence-electron chi connectivity index (χ2n) is 9.73. The normalized spacial score (nSPS) is 21.4. The number of likely N-dealkylation sites (tertiary alicyclic amines) is 2. The first-order valence-corrected chi connectivity index (χ1v) is 12.5. The molecule has 2 fully saturated rings. The monoisotopic (exact) mass is 467 g/mol. The lowest BCUT2D eigenvalue weighted by Gasteiger charge is -2.32. The smallest absolute Gasteiger partial charge is 0.245 e. The van der Waals surface area contributed by atoms with Crippen LogP contribution in [0.5, 0.6) is 0 Å². The number of aromatic nitrogens is 1. The Kier molecular flexibility index (Phi) is 7.26. The van der Waals surface area contributed by atoms with E-state index in [0.717, 1.165) is 61.7 Å². The molecule has 0 bridgehead atoms. The Balaban J connectivity index is 1.46. The van der Waals surface area contributed by atoms with Crippen molar-refractivity contribution in [2.75, 3.05) is 13.1 Å². The number of amidine groups is 1. The number of fused-ring (bicyclic) bond motifs is 1. The highest BCUT2D eigenvalue weighted by Crippen LogP contribution is 2.29. The Labute approximate surface area is 201 Å². The molecule has 4 N–H and O–H groups in total. The summed E-state index contributed by atoms with van der Waals surface area (Å²) in [4.78, 5) is 29.7. The van der Waals surface area contributed by atoms with E-state index >= 15 is 0 Å². The number of carbonyl (C=O) groups is 2. The number of hydrogen-bond acceptors (Lipinski definition) is 4. The molecule has 0 spiro atoms. The summed E-state index contributed by atoms with van der Waals surface area (Å²) in [7, 11) is 0. The highest BCUT2D eigenvalue weighted by atomic mass is 16.3.